The van der Waals surface area contributed by atoms with Crippen molar-refractivity contribution in [1.29, 1.82) is 0 Å². The molecule has 0 aromatic heterocycles. The minimum absolute atomic E-state index is 0.0984. The first-order valence-corrected chi connectivity index (χ1v) is 5.33. The quantitative estimate of drug-likeness (QED) is 0.520. The van der Waals surface area contributed by atoms with E-state index in [4.69, 9.17) is 4.74 Å². The first-order chi connectivity index (χ1) is 6.02. The molecule has 0 bridgehead atoms. The predicted octanol–water partition coefficient (Wildman–Crippen LogP) is 3.16. The Labute approximate surface area is 81.2 Å². The first-order valence-electron chi connectivity index (χ1n) is 5.33. The van der Waals surface area contributed by atoms with Gasteiger partial charge in [-0.1, -0.05) is 32.9 Å². The summed E-state index contributed by atoms with van der Waals surface area (Å²) in [5, 5.41) is 0. The van der Waals surface area contributed by atoms with Gasteiger partial charge in [-0.2, -0.15) is 0 Å². The Morgan fingerprint density at radius 2 is 2.08 bits per heavy atom. The molecule has 1 fully saturated rings. The highest BCUT2D eigenvalue weighted by Gasteiger charge is 2.43. The Bertz CT molecular complexity index is 229. The van der Waals surface area contributed by atoms with Gasteiger partial charge in [0, 0.05) is 0 Å². The summed E-state index contributed by atoms with van der Waals surface area (Å²) >= 11 is 0. The Morgan fingerprint density at radius 3 is 2.62 bits per heavy atom. The number of ether oxygens (including phenoxy) is 1. The molecule has 1 nitrogen and oxygen atoms in total. The van der Waals surface area contributed by atoms with Crippen LogP contribution in [0.3, 0.4) is 0 Å². The summed E-state index contributed by atoms with van der Waals surface area (Å²) in [7, 11) is 0. The third-order valence-electron chi connectivity index (χ3n) is 3.26. The molecule has 1 aliphatic carbocycles. The Balaban J connectivity index is 2.17. The molecule has 2 rings (SSSR count). The number of hydrogen-bond donors (Lipinski definition) is 0. The summed E-state index contributed by atoms with van der Waals surface area (Å²) in [6.45, 7) is 7.89. The highest BCUT2D eigenvalue weighted by atomic mass is 16.5. The van der Waals surface area contributed by atoms with Gasteiger partial charge in [0.1, 0.15) is 0 Å². The second kappa shape index (κ2) is 2.84. The van der Waals surface area contributed by atoms with Gasteiger partial charge in [-0.05, 0) is 30.6 Å². The average molecular weight is 180 g/mol. The van der Waals surface area contributed by atoms with Crippen molar-refractivity contribution in [2.75, 3.05) is 6.61 Å². The van der Waals surface area contributed by atoms with Crippen molar-refractivity contribution in [2.45, 2.75) is 45.6 Å². The molecule has 1 saturated carbocycles. The van der Waals surface area contributed by atoms with Crippen molar-refractivity contribution < 1.29 is 4.74 Å². The lowest BCUT2D eigenvalue weighted by atomic mass is 9.66. The van der Waals surface area contributed by atoms with Crippen molar-refractivity contribution in [1.82, 2.24) is 0 Å². The van der Waals surface area contributed by atoms with Crippen molar-refractivity contribution >= 4 is 0 Å². The summed E-state index contributed by atoms with van der Waals surface area (Å²) in [5.74, 6) is 0.798. The maximum absolute atomic E-state index is 5.88. The molecule has 0 amide bonds. The standard InChI is InChI=1S/C12H20O/c1-10-7-11(2,3)9-12(8-10)5-4-6-13-12/h4-5,10H,6-9H2,1-3H3. The largest absolute Gasteiger partial charge is 0.367 e. The predicted molar refractivity (Wildman–Crippen MR) is 54.6 cm³/mol. The lowest BCUT2D eigenvalue weighted by molar-refractivity contribution is -0.0553. The summed E-state index contributed by atoms with van der Waals surface area (Å²) in [6.07, 6.45) is 8.22. The molecule has 2 unspecified atom stereocenters. The van der Waals surface area contributed by atoms with Gasteiger partial charge in [-0.15, -0.1) is 0 Å². The van der Waals surface area contributed by atoms with Gasteiger partial charge >= 0.3 is 0 Å². The highest BCUT2D eigenvalue weighted by Crippen LogP contribution is 2.47. The van der Waals surface area contributed by atoms with Gasteiger partial charge in [-0.3, -0.25) is 0 Å². The van der Waals surface area contributed by atoms with Gasteiger partial charge in [0.2, 0.25) is 0 Å². The van der Waals surface area contributed by atoms with Crippen molar-refractivity contribution in [3.63, 3.8) is 0 Å². The molecule has 0 saturated heterocycles. The van der Waals surface area contributed by atoms with E-state index in [0.29, 0.717) is 5.41 Å². The monoisotopic (exact) mass is 180 g/mol. The summed E-state index contributed by atoms with van der Waals surface area (Å²) in [5.41, 5.74) is 0.549. The molecule has 0 aromatic rings. The van der Waals surface area contributed by atoms with Gasteiger partial charge < -0.3 is 4.74 Å². The highest BCUT2D eigenvalue weighted by molar-refractivity contribution is 5.12. The van der Waals surface area contributed by atoms with Crippen LogP contribution in [0.15, 0.2) is 12.2 Å². The molecule has 1 aliphatic heterocycles. The molecule has 13 heavy (non-hydrogen) atoms. The lowest BCUT2D eigenvalue weighted by Gasteiger charge is -2.44. The van der Waals surface area contributed by atoms with E-state index < -0.39 is 0 Å². The van der Waals surface area contributed by atoms with E-state index in [1.54, 1.807) is 0 Å². The number of hydrogen-bond acceptors (Lipinski definition) is 1. The van der Waals surface area contributed by atoms with Crippen LogP contribution in [0.25, 0.3) is 0 Å². The fourth-order valence-electron chi connectivity index (χ4n) is 3.32. The first kappa shape index (κ1) is 9.26. The molecular weight excluding hydrogens is 160 g/mol. The summed E-state index contributed by atoms with van der Waals surface area (Å²) in [6, 6.07) is 0. The molecule has 1 heteroatoms. The zero-order chi connectivity index (χ0) is 9.53. The third-order valence-corrected chi connectivity index (χ3v) is 3.26. The Kier molecular flexibility index (Phi) is 2.03. The van der Waals surface area contributed by atoms with Gasteiger partial charge in [0.15, 0.2) is 0 Å². The maximum atomic E-state index is 5.88. The molecule has 0 radical (unpaired) electrons. The maximum Gasteiger partial charge on any atom is 0.0875 e. The zero-order valence-electron chi connectivity index (χ0n) is 8.97. The summed E-state index contributed by atoms with van der Waals surface area (Å²) < 4.78 is 5.88. The number of rotatable bonds is 0. The third kappa shape index (κ3) is 1.80. The van der Waals surface area contributed by atoms with Crippen LogP contribution in [0.1, 0.15) is 40.0 Å². The molecule has 0 N–H and O–H groups in total. The van der Waals surface area contributed by atoms with Crippen LogP contribution in [-0.2, 0) is 4.74 Å². The fraction of sp³-hybridized carbons (Fsp3) is 0.833. The molecule has 1 heterocycles. The van der Waals surface area contributed by atoms with Gasteiger partial charge in [0.25, 0.3) is 0 Å². The van der Waals surface area contributed by atoms with Gasteiger partial charge in [0.05, 0.1) is 12.2 Å². The summed E-state index contributed by atoms with van der Waals surface area (Å²) in [4.78, 5) is 0. The van der Waals surface area contributed by atoms with Crippen LogP contribution in [0.4, 0.5) is 0 Å². The normalized spacial score (nSPS) is 42.8. The topological polar surface area (TPSA) is 9.23 Å². The zero-order valence-corrected chi connectivity index (χ0v) is 8.97. The van der Waals surface area contributed by atoms with Crippen LogP contribution in [0, 0.1) is 11.3 Å². The Morgan fingerprint density at radius 1 is 1.31 bits per heavy atom. The smallest absolute Gasteiger partial charge is 0.0875 e. The lowest BCUT2D eigenvalue weighted by Crippen LogP contribution is -2.41. The molecule has 0 aromatic carbocycles. The second-order valence-corrected chi connectivity index (χ2v) is 5.63. The van der Waals surface area contributed by atoms with Gasteiger partial charge in [-0.25, -0.2) is 0 Å². The van der Waals surface area contributed by atoms with Crippen LogP contribution in [0.5, 0.6) is 0 Å². The van der Waals surface area contributed by atoms with E-state index in [-0.39, 0.29) is 5.60 Å². The molecular formula is C12H20O. The SMILES string of the molecule is CC1CC(C)(C)CC2(C=CCO2)C1. The molecule has 74 valence electrons. The van der Waals surface area contributed by atoms with Crippen molar-refractivity contribution in [3.8, 4) is 0 Å². The van der Waals surface area contributed by atoms with Crippen molar-refractivity contribution in [2.24, 2.45) is 11.3 Å². The Hall–Kier alpha value is -0.300. The fourth-order valence-corrected chi connectivity index (χ4v) is 3.32. The van der Waals surface area contributed by atoms with Crippen LogP contribution in [0.2, 0.25) is 0 Å². The van der Waals surface area contributed by atoms with Crippen LogP contribution in [-0.4, -0.2) is 12.2 Å². The van der Waals surface area contributed by atoms with E-state index >= 15 is 0 Å². The minimum Gasteiger partial charge on any atom is -0.367 e. The van der Waals surface area contributed by atoms with E-state index in [2.05, 4.69) is 32.9 Å². The average Bonchev–Trinajstić information content (AvgIpc) is 2.31. The molecule has 2 aliphatic rings. The van der Waals surface area contributed by atoms with E-state index in [9.17, 15) is 0 Å². The van der Waals surface area contributed by atoms with E-state index in [1.165, 1.54) is 19.3 Å². The second-order valence-electron chi connectivity index (χ2n) is 5.63. The van der Waals surface area contributed by atoms with Crippen molar-refractivity contribution in [3.05, 3.63) is 12.2 Å². The molecule has 1 spiro atoms. The van der Waals surface area contributed by atoms with Crippen LogP contribution < -0.4 is 0 Å². The minimum atomic E-state index is 0.0984. The van der Waals surface area contributed by atoms with Crippen LogP contribution >= 0.6 is 0 Å². The van der Waals surface area contributed by atoms with E-state index in [1.807, 2.05) is 0 Å². The molecule has 2 atom stereocenters. The van der Waals surface area contributed by atoms with E-state index in [0.717, 1.165) is 12.5 Å².